The van der Waals surface area contributed by atoms with Gasteiger partial charge in [-0.1, -0.05) is 19.1 Å². The fraction of sp³-hybridized carbons (Fsp3) is 0.250. The molecule has 0 aliphatic heterocycles. The van der Waals surface area contributed by atoms with Gasteiger partial charge in [0.2, 0.25) is 0 Å². The molecular formula is C16H20N2O2. The Bertz CT molecular complexity index is 609. The van der Waals surface area contributed by atoms with Crippen molar-refractivity contribution in [2.24, 2.45) is 0 Å². The van der Waals surface area contributed by atoms with Gasteiger partial charge < -0.3 is 21.7 Å². The summed E-state index contributed by atoms with van der Waals surface area (Å²) in [6, 6.07) is 6.95. The second kappa shape index (κ2) is 4.96. The van der Waals surface area contributed by atoms with Crippen molar-refractivity contribution in [3.63, 3.8) is 0 Å². The van der Waals surface area contributed by atoms with Crippen LogP contribution in [0.5, 0.6) is 11.5 Å². The van der Waals surface area contributed by atoms with Crippen molar-refractivity contribution in [3.8, 4) is 11.5 Å². The lowest BCUT2D eigenvalue weighted by atomic mass is 9.86. The molecule has 6 N–H and O–H groups in total. The summed E-state index contributed by atoms with van der Waals surface area (Å²) < 4.78 is 0. The van der Waals surface area contributed by atoms with Gasteiger partial charge in [-0.25, -0.2) is 0 Å². The van der Waals surface area contributed by atoms with E-state index in [1.54, 1.807) is 12.1 Å². The number of hydrogen-bond donors (Lipinski definition) is 4. The Morgan fingerprint density at radius 2 is 1.15 bits per heavy atom. The highest BCUT2D eigenvalue weighted by Crippen LogP contribution is 2.37. The molecule has 0 spiro atoms. The number of nitrogen functional groups attached to an aromatic ring is 2. The molecule has 2 aromatic carbocycles. The largest absolute Gasteiger partial charge is 0.506 e. The Morgan fingerprint density at radius 1 is 0.800 bits per heavy atom. The van der Waals surface area contributed by atoms with Crippen molar-refractivity contribution in [3.05, 3.63) is 46.5 Å². The van der Waals surface area contributed by atoms with E-state index in [0.717, 1.165) is 22.3 Å². The van der Waals surface area contributed by atoms with Crippen LogP contribution in [0.15, 0.2) is 24.3 Å². The minimum Gasteiger partial charge on any atom is -0.506 e. The first-order valence-electron chi connectivity index (χ1n) is 6.50. The van der Waals surface area contributed by atoms with E-state index >= 15 is 0 Å². The van der Waals surface area contributed by atoms with Gasteiger partial charge in [0.15, 0.2) is 0 Å². The molecule has 106 valence electrons. The van der Waals surface area contributed by atoms with E-state index in [1.165, 1.54) is 0 Å². The predicted octanol–water partition coefficient (Wildman–Crippen LogP) is 3.03. The number of hydrogen-bond acceptors (Lipinski definition) is 4. The van der Waals surface area contributed by atoms with E-state index in [9.17, 15) is 10.2 Å². The molecule has 0 saturated carbocycles. The number of phenolic OH excluding ortho intramolecular Hbond substituents is 2. The summed E-state index contributed by atoms with van der Waals surface area (Å²) in [5.74, 6) is 0.265. The molecule has 2 rings (SSSR count). The zero-order chi connectivity index (χ0) is 15.0. The van der Waals surface area contributed by atoms with Gasteiger partial charge >= 0.3 is 0 Å². The van der Waals surface area contributed by atoms with Crippen LogP contribution in [0, 0.1) is 13.8 Å². The lowest BCUT2D eigenvalue weighted by Crippen LogP contribution is -2.05. The quantitative estimate of drug-likeness (QED) is 0.499. The summed E-state index contributed by atoms with van der Waals surface area (Å²) >= 11 is 0. The van der Waals surface area contributed by atoms with Crippen molar-refractivity contribution < 1.29 is 10.2 Å². The monoisotopic (exact) mass is 272 g/mol. The number of benzene rings is 2. The average Bonchev–Trinajstić information content (AvgIpc) is 2.42. The fourth-order valence-electron chi connectivity index (χ4n) is 2.57. The van der Waals surface area contributed by atoms with Gasteiger partial charge in [0, 0.05) is 5.92 Å². The first kappa shape index (κ1) is 14.1. The molecule has 0 unspecified atom stereocenters. The van der Waals surface area contributed by atoms with Gasteiger partial charge in [-0.3, -0.25) is 0 Å². The Kier molecular flexibility index (Phi) is 3.49. The van der Waals surface area contributed by atoms with Crippen LogP contribution in [-0.4, -0.2) is 10.2 Å². The predicted molar refractivity (Wildman–Crippen MR) is 82.0 cm³/mol. The second-order valence-electron chi connectivity index (χ2n) is 5.15. The van der Waals surface area contributed by atoms with Crippen LogP contribution in [0.2, 0.25) is 0 Å². The summed E-state index contributed by atoms with van der Waals surface area (Å²) in [7, 11) is 0. The number of phenols is 2. The topological polar surface area (TPSA) is 92.5 Å². The Morgan fingerprint density at radius 3 is 1.50 bits per heavy atom. The van der Waals surface area contributed by atoms with Gasteiger partial charge in [0.05, 0.1) is 11.4 Å². The van der Waals surface area contributed by atoms with Gasteiger partial charge in [-0.15, -0.1) is 0 Å². The molecule has 0 atom stereocenters. The summed E-state index contributed by atoms with van der Waals surface area (Å²) in [6.07, 6.45) is 0. The third-order valence-corrected chi connectivity index (χ3v) is 4.00. The smallest absolute Gasteiger partial charge is 0.138 e. The van der Waals surface area contributed by atoms with Crippen LogP contribution in [-0.2, 0) is 0 Å². The fourth-order valence-corrected chi connectivity index (χ4v) is 2.57. The zero-order valence-electron chi connectivity index (χ0n) is 11.9. The third kappa shape index (κ3) is 2.13. The number of aromatic hydroxyl groups is 2. The van der Waals surface area contributed by atoms with Crippen molar-refractivity contribution >= 4 is 11.4 Å². The van der Waals surface area contributed by atoms with E-state index < -0.39 is 0 Å². The first-order valence-corrected chi connectivity index (χ1v) is 6.50. The highest BCUT2D eigenvalue weighted by molar-refractivity contribution is 5.64. The molecule has 0 aromatic heterocycles. The first-order chi connectivity index (χ1) is 9.34. The molecule has 0 radical (unpaired) electrons. The van der Waals surface area contributed by atoms with Gasteiger partial charge in [-0.05, 0) is 48.2 Å². The van der Waals surface area contributed by atoms with E-state index in [4.69, 9.17) is 11.5 Å². The van der Waals surface area contributed by atoms with E-state index in [0.29, 0.717) is 11.4 Å². The molecule has 0 aliphatic carbocycles. The Balaban J connectivity index is 2.55. The molecule has 0 fully saturated rings. The highest BCUT2D eigenvalue weighted by atomic mass is 16.3. The Labute approximate surface area is 118 Å². The summed E-state index contributed by atoms with van der Waals surface area (Å²) in [4.78, 5) is 0. The standard InChI is InChI=1S/C16H20N2O2/c1-8(11-4-6-13(19)15(17)9(11)2)12-5-7-14(20)16(18)10(12)3/h4-8,19-20H,17-18H2,1-3H3. The minimum atomic E-state index is 0.0702. The molecule has 4 nitrogen and oxygen atoms in total. The van der Waals surface area contributed by atoms with Crippen molar-refractivity contribution in [1.29, 1.82) is 0 Å². The van der Waals surface area contributed by atoms with Gasteiger partial charge in [0.25, 0.3) is 0 Å². The van der Waals surface area contributed by atoms with Crippen LogP contribution in [0.4, 0.5) is 11.4 Å². The zero-order valence-corrected chi connectivity index (χ0v) is 11.9. The number of nitrogens with two attached hydrogens (primary N) is 2. The summed E-state index contributed by atoms with van der Waals surface area (Å²) in [5, 5.41) is 19.3. The third-order valence-electron chi connectivity index (χ3n) is 4.00. The van der Waals surface area contributed by atoms with Crippen molar-refractivity contribution in [2.75, 3.05) is 11.5 Å². The molecule has 0 amide bonds. The molecule has 0 aliphatic rings. The Hall–Kier alpha value is -2.36. The van der Waals surface area contributed by atoms with Gasteiger partial charge in [0.1, 0.15) is 11.5 Å². The van der Waals surface area contributed by atoms with E-state index in [1.807, 2.05) is 26.0 Å². The molecule has 4 heteroatoms. The van der Waals surface area contributed by atoms with Crippen molar-refractivity contribution in [2.45, 2.75) is 26.7 Å². The summed E-state index contributed by atoms with van der Waals surface area (Å²) in [6.45, 7) is 5.83. The minimum absolute atomic E-state index is 0.0702. The summed E-state index contributed by atoms with van der Waals surface area (Å²) in [5.41, 5.74) is 16.4. The maximum absolute atomic E-state index is 9.63. The SMILES string of the molecule is Cc1c(C(C)c2ccc(O)c(N)c2C)ccc(O)c1N. The highest BCUT2D eigenvalue weighted by Gasteiger charge is 2.17. The number of rotatable bonds is 2. The van der Waals surface area contributed by atoms with E-state index in [2.05, 4.69) is 6.92 Å². The van der Waals surface area contributed by atoms with E-state index in [-0.39, 0.29) is 17.4 Å². The molecular weight excluding hydrogens is 252 g/mol. The van der Waals surface area contributed by atoms with Crippen LogP contribution in [0.25, 0.3) is 0 Å². The molecule has 0 heterocycles. The molecule has 0 saturated heterocycles. The number of anilines is 2. The second-order valence-corrected chi connectivity index (χ2v) is 5.15. The average molecular weight is 272 g/mol. The van der Waals surface area contributed by atoms with Crippen LogP contribution in [0.3, 0.4) is 0 Å². The van der Waals surface area contributed by atoms with Crippen molar-refractivity contribution in [1.82, 2.24) is 0 Å². The lowest BCUT2D eigenvalue weighted by molar-refractivity contribution is 0.477. The lowest BCUT2D eigenvalue weighted by Gasteiger charge is -2.20. The van der Waals surface area contributed by atoms with Crippen LogP contribution < -0.4 is 11.5 Å². The maximum Gasteiger partial charge on any atom is 0.138 e. The normalized spacial score (nSPS) is 11.0. The molecule has 0 bridgehead atoms. The van der Waals surface area contributed by atoms with Gasteiger partial charge in [-0.2, -0.15) is 0 Å². The van der Waals surface area contributed by atoms with Crippen LogP contribution in [0.1, 0.15) is 35.1 Å². The molecule has 2 aromatic rings. The van der Waals surface area contributed by atoms with Crippen LogP contribution >= 0.6 is 0 Å². The molecule has 20 heavy (non-hydrogen) atoms. The maximum atomic E-state index is 9.63.